The van der Waals surface area contributed by atoms with Gasteiger partial charge in [-0.1, -0.05) is 6.07 Å². The maximum atomic E-state index is 12.9. The van der Waals surface area contributed by atoms with E-state index < -0.39 is 24.1 Å². The molecule has 6 heteroatoms. The van der Waals surface area contributed by atoms with Crippen molar-refractivity contribution >= 4 is 5.97 Å². The van der Waals surface area contributed by atoms with E-state index in [9.17, 15) is 14.3 Å². The lowest BCUT2D eigenvalue weighted by Gasteiger charge is -2.13. The van der Waals surface area contributed by atoms with Crippen molar-refractivity contribution in [2.75, 3.05) is 0 Å². The summed E-state index contributed by atoms with van der Waals surface area (Å²) < 4.78 is 12.9. The number of hydrogen-bond acceptors (Lipinski definition) is 4. The topological polar surface area (TPSA) is 90.7 Å². The number of aliphatic carboxylic acids is 1. The first-order valence-electron chi connectivity index (χ1n) is 3.73. The highest BCUT2D eigenvalue weighted by Gasteiger charge is 2.27. The third kappa shape index (κ3) is 2.04. The minimum Gasteiger partial charge on any atom is -0.479 e. The average Bonchev–Trinajstić information content (AvgIpc) is 2.16. The minimum absolute atomic E-state index is 0.345. The third-order valence-electron chi connectivity index (χ3n) is 1.66. The molecule has 0 fully saturated rings. The summed E-state index contributed by atoms with van der Waals surface area (Å²) in [4.78, 5) is 13.5. The second-order valence-corrected chi connectivity index (χ2v) is 2.61. The highest BCUT2D eigenvalue weighted by Crippen LogP contribution is 2.18. The number of aliphatic hydroxyl groups excluding tert-OH is 2. The molecule has 0 aromatic carbocycles. The number of carbonyl (C=O) groups is 1. The molecule has 0 aliphatic rings. The number of aromatic nitrogens is 1. The number of carboxylic acid groups (broad SMARTS) is 1. The molecule has 0 spiro atoms. The van der Waals surface area contributed by atoms with Crippen LogP contribution in [0.4, 0.5) is 4.39 Å². The largest absolute Gasteiger partial charge is 0.479 e. The number of halogens is 1. The number of aliphatic hydroxyl groups is 2. The molecule has 0 amide bonds. The smallest absolute Gasteiger partial charge is 0.335 e. The van der Waals surface area contributed by atoms with Gasteiger partial charge in [-0.3, -0.25) is 0 Å². The summed E-state index contributed by atoms with van der Waals surface area (Å²) in [5.41, 5.74) is -0.345. The van der Waals surface area contributed by atoms with Crippen LogP contribution in [-0.4, -0.2) is 32.4 Å². The molecule has 0 aliphatic carbocycles. The average molecular weight is 201 g/mol. The Morgan fingerprint density at radius 3 is 2.64 bits per heavy atom. The molecule has 3 N–H and O–H groups in total. The van der Waals surface area contributed by atoms with Crippen molar-refractivity contribution < 1.29 is 24.5 Å². The normalized spacial score (nSPS) is 14.8. The lowest BCUT2D eigenvalue weighted by molar-refractivity contribution is -0.153. The molecule has 0 aliphatic heterocycles. The van der Waals surface area contributed by atoms with Gasteiger partial charge in [0.1, 0.15) is 6.10 Å². The Balaban J connectivity index is 2.94. The summed E-state index contributed by atoms with van der Waals surface area (Å²) in [6.07, 6.45) is -2.73. The van der Waals surface area contributed by atoms with Crippen LogP contribution in [0.25, 0.3) is 0 Å². The maximum absolute atomic E-state index is 12.9. The molecule has 0 saturated heterocycles. The molecule has 2 unspecified atom stereocenters. The van der Waals surface area contributed by atoms with Crippen molar-refractivity contribution in [2.24, 2.45) is 0 Å². The molecule has 5 nitrogen and oxygen atoms in total. The van der Waals surface area contributed by atoms with Crippen LogP contribution in [0.15, 0.2) is 18.3 Å². The van der Waals surface area contributed by atoms with Gasteiger partial charge in [-0.25, -0.2) is 9.78 Å². The van der Waals surface area contributed by atoms with E-state index in [1.54, 1.807) is 0 Å². The van der Waals surface area contributed by atoms with Crippen molar-refractivity contribution in [1.82, 2.24) is 4.98 Å². The zero-order chi connectivity index (χ0) is 10.7. The fourth-order valence-electron chi connectivity index (χ4n) is 0.924. The Kier molecular flexibility index (Phi) is 3.10. The van der Waals surface area contributed by atoms with Crippen LogP contribution in [0.1, 0.15) is 11.7 Å². The van der Waals surface area contributed by atoms with E-state index in [0.29, 0.717) is 0 Å². The van der Waals surface area contributed by atoms with E-state index in [0.717, 1.165) is 12.3 Å². The second kappa shape index (κ2) is 4.12. The molecule has 1 heterocycles. The van der Waals surface area contributed by atoms with Crippen LogP contribution in [0.2, 0.25) is 0 Å². The summed E-state index contributed by atoms with van der Waals surface area (Å²) in [5.74, 6) is -2.62. The second-order valence-electron chi connectivity index (χ2n) is 2.61. The van der Waals surface area contributed by atoms with Crippen molar-refractivity contribution in [3.05, 3.63) is 29.8 Å². The number of nitrogens with zero attached hydrogens (tertiary/aromatic N) is 1. The van der Waals surface area contributed by atoms with Crippen LogP contribution in [-0.2, 0) is 4.79 Å². The molecule has 0 bridgehead atoms. The molecule has 0 saturated carbocycles. The van der Waals surface area contributed by atoms with Crippen LogP contribution in [0, 0.1) is 5.95 Å². The van der Waals surface area contributed by atoms with Gasteiger partial charge in [-0.2, -0.15) is 4.39 Å². The zero-order valence-corrected chi connectivity index (χ0v) is 6.96. The van der Waals surface area contributed by atoms with E-state index in [2.05, 4.69) is 4.98 Å². The van der Waals surface area contributed by atoms with Crippen LogP contribution >= 0.6 is 0 Å². The Morgan fingerprint density at radius 2 is 2.14 bits per heavy atom. The van der Waals surface area contributed by atoms with E-state index in [1.807, 2.05) is 0 Å². The lowest BCUT2D eigenvalue weighted by atomic mass is 10.1. The van der Waals surface area contributed by atoms with E-state index in [-0.39, 0.29) is 5.56 Å². The molecule has 1 rings (SSSR count). The molecule has 1 aromatic heterocycles. The highest BCUT2D eigenvalue weighted by atomic mass is 19.1. The third-order valence-corrected chi connectivity index (χ3v) is 1.66. The Labute approximate surface area is 78.5 Å². The molecular formula is C8H8FNO4. The Hall–Kier alpha value is -1.53. The highest BCUT2D eigenvalue weighted by molar-refractivity contribution is 5.73. The van der Waals surface area contributed by atoms with E-state index in [1.165, 1.54) is 6.07 Å². The quantitative estimate of drug-likeness (QED) is 0.584. The summed E-state index contributed by atoms with van der Waals surface area (Å²) in [5, 5.41) is 26.5. The Morgan fingerprint density at radius 1 is 1.50 bits per heavy atom. The summed E-state index contributed by atoms with van der Waals surface area (Å²) in [7, 11) is 0. The molecule has 14 heavy (non-hydrogen) atoms. The number of carboxylic acids is 1. The van der Waals surface area contributed by atoms with Gasteiger partial charge in [0, 0.05) is 11.8 Å². The fourth-order valence-corrected chi connectivity index (χ4v) is 0.924. The summed E-state index contributed by atoms with van der Waals surface area (Å²) in [6, 6.07) is 2.48. The molecule has 2 atom stereocenters. The SMILES string of the molecule is O=C(O)C(O)C(O)c1cccnc1F. The fraction of sp³-hybridized carbons (Fsp3) is 0.250. The number of pyridine rings is 1. The number of hydrogen-bond donors (Lipinski definition) is 3. The Bertz CT molecular complexity index is 344. The first-order chi connectivity index (χ1) is 6.54. The van der Waals surface area contributed by atoms with Gasteiger partial charge in [-0.15, -0.1) is 0 Å². The van der Waals surface area contributed by atoms with Gasteiger partial charge in [0.05, 0.1) is 0 Å². The van der Waals surface area contributed by atoms with Gasteiger partial charge in [0.15, 0.2) is 6.10 Å². The zero-order valence-electron chi connectivity index (χ0n) is 6.96. The van der Waals surface area contributed by atoms with Gasteiger partial charge >= 0.3 is 5.97 Å². The predicted molar refractivity (Wildman–Crippen MR) is 42.8 cm³/mol. The van der Waals surface area contributed by atoms with Crippen LogP contribution in [0.3, 0.4) is 0 Å². The standard InChI is InChI=1S/C8H8FNO4/c9-7-4(2-1-3-10-7)5(11)6(12)8(13)14/h1-3,5-6,11-12H,(H,13,14). The van der Waals surface area contributed by atoms with E-state index in [4.69, 9.17) is 10.2 Å². The van der Waals surface area contributed by atoms with Gasteiger partial charge < -0.3 is 15.3 Å². The van der Waals surface area contributed by atoms with E-state index >= 15 is 0 Å². The minimum atomic E-state index is -2.06. The van der Waals surface area contributed by atoms with Gasteiger partial charge in [-0.05, 0) is 6.07 Å². The summed E-state index contributed by atoms with van der Waals surface area (Å²) >= 11 is 0. The van der Waals surface area contributed by atoms with Crippen molar-refractivity contribution in [3.63, 3.8) is 0 Å². The molecule has 0 radical (unpaired) electrons. The van der Waals surface area contributed by atoms with Gasteiger partial charge in [0.25, 0.3) is 0 Å². The molecule has 76 valence electrons. The monoisotopic (exact) mass is 201 g/mol. The lowest BCUT2D eigenvalue weighted by Crippen LogP contribution is -2.28. The first-order valence-corrected chi connectivity index (χ1v) is 3.73. The predicted octanol–water partition coefficient (Wildman–Crippen LogP) is -0.300. The van der Waals surface area contributed by atoms with Crippen molar-refractivity contribution in [1.29, 1.82) is 0 Å². The van der Waals surface area contributed by atoms with Crippen molar-refractivity contribution in [3.8, 4) is 0 Å². The summed E-state index contributed by atoms with van der Waals surface area (Å²) in [6.45, 7) is 0. The first kappa shape index (κ1) is 10.6. The maximum Gasteiger partial charge on any atom is 0.335 e. The van der Waals surface area contributed by atoms with Crippen LogP contribution in [0.5, 0.6) is 0 Å². The van der Waals surface area contributed by atoms with Crippen LogP contribution < -0.4 is 0 Å². The number of rotatable bonds is 3. The molecular weight excluding hydrogens is 193 g/mol. The molecule has 1 aromatic rings. The van der Waals surface area contributed by atoms with Gasteiger partial charge in [0.2, 0.25) is 5.95 Å². The van der Waals surface area contributed by atoms with Crippen molar-refractivity contribution in [2.45, 2.75) is 12.2 Å².